The summed E-state index contributed by atoms with van der Waals surface area (Å²) in [5.74, 6) is 0. The van der Waals surface area contributed by atoms with Crippen LogP contribution in [0.4, 0.5) is 0 Å². The second-order valence-electron chi connectivity index (χ2n) is 0.596. The molecule has 6 heteroatoms. The highest BCUT2D eigenvalue weighted by molar-refractivity contribution is 7.90. The molecule has 8 heavy (non-hydrogen) atoms. The Hall–Kier alpha value is -0.0900. The smallest absolute Gasteiger partial charge is 0.268 e. The predicted molar refractivity (Wildman–Crippen MR) is 38.2 cm³/mol. The summed E-state index contributed by atoms with van der Waals surface area (Å²) < 4.78 is 16.3. The third-order valence-electron chi connectivity index (χ3n) is 0.231. The Morgan fingerprint density at radius 3 is 1.88 bits per heavy atom. The maximum Gasteiger partial charge on any atom is 0.268 e. The normalized spacial score (nSPS) is 10.6. The van der Waals surface area contributed by atoms with Crippen LogP contribution in [0, 0.1) is 0 Å². The summed E-state index contributed by atoms with van der Waals surface area (Å²) in [7, 11) is 0. The monoisotopic (exact) mass is 164 g/mol. The van der Waals surface area contributed by atoms with Gasteiger partial charge in [0.15, 0.2) is 0 Å². The molecule has 0 aliphatic heterocycles. The van der Waals surface area contributed by atoms with Gasteiger partial charge in [0.25, 0.3) is 11.5 Å². The molecule has 0 unspecified atom stereocenters. The van der Waals surface area contributed by atoms with E-state index in [4.69, 9.17) is 0 Å². The molecular weight excluding hydrogens is 164 g/mol. The van der Waals surface area contributed by atoms with Gasteiger partial charge in [-0.2, -0.15) is 0 Å². The topological polar surface area (TPSA) is 47.8 Å². The van der Waals surface area contributed by atoms with Crippen molar-refractivity contribution in [3.05, 3.63) is 0 Å². The molecule has 0 aliphatic carbocycles. The van der Waals surface area contributed by atoms with Crippen LogP contribution in [0.5, 0.6) is 0 Å². The second kappa shape index (κ2) is 5.05. The van der Waals surface area contributed by atoms with E-state index in [-0.39, 0.29) is 0 Å². The molecule has 0 atom stereocenters. The first-order valence-electron chi connectivity index (χ1n) is 1.39. The number of isothiocyanates is 2. The molecule has 0 aromatic carbocycles. The second-order valence-corrected chi connectivity index (χ2v) is 1.79. The number of rotatable bonds is 2. The zero-order chi connectivity index (χ0) is 6.41. The Bertz CT molecular complexity index is 139. The molecule has 0 aromatic rings. The van der Waals surface area contributed by atoms with Crippen molar-refractivity contribution in [1.82, 2.24) is 0 Å². The Labute approximate surface area is 60.0 Å². The van der Waals surface area contributed by atoms with Gasteiger partial charge >= 0.3 is 0 Å². The molecule has 0 heterocycles. The Balaban J connectivity index is 3.82. The highest BCUT2D eigenvalue weighted by Crippen LogP contribution is 1.88. The number of nitrogens with zero attached hydrogens (tertiary/aromatic N) is 2. The number of hydrogen-bond donors (Lipinski definition) is 0. The summed E-state index contributed by atoms with van der Waals surface area (Å²) in [6.07, 6.45) is 0. The lowest BCUT2D eigenvalue weighted by Gasteiger charge is -1.82. The first kappa shape index (κ1) is 7.91. The largest absolute Gasteiger partial charge is 0.564 e. The lowest BCUT2D eigenvalue weighted by Crippen LogP contribution is -1.85. The van der Waals surface area contributed by atoms with Gasteiger partial charge in [-0.1, -0.05) is 0 Å². The van der Waals surface area contributed by atoms with Crippen LogP contribution in [-0.4, -0.2) is 14.9 Å². The van der Waals surface area contributed by atoms with Crippen molar-refractivity contribution in [2.24, 2.45) is 8.80 Å². The minimum Gasteiger partial charge on any atom is -0.564 e. The first-order valence-corrected chi connectivity index (χ1v) is 3.27. The standard InChI is InChI=1S/C2N2OS3/c5-8(3-1-6)4-2-7. The quantitative estimate of drug-likeness (QED) is 0.344. The fourth-order valence-corrected chi connectivity index (χ4v) is 0.635. The van der Waals surface area contributed by atoms with Crippen molar-refractivity contribution < 1.29 is 4.55 Å². The van der Waals surface area contributed by atoms with Gasteiger partial charge in [-0.05, 0) is 24.4 Å². The van der Waals surface area contributed by atoms with Crippen LogP contribution in [0.1, 0.15) is 0 Å². The first-order chi connectivity index (χ1) is 3.81. The van der Waals surface area contributed by atoms with E-state index in [1.54, 1.807) is 0 Å². The van der Waals surface area contributed by atoms with E-state index >= 15 is 0 Å². The van der Waals surface area contributed by atoms with E-state index in [0.29, 0.717) is 0 Å². The Kier molecular flexibility index (Phi) is 5.00. The molecule has 3 nitrogen and oxygen atoms in total. The third-order valence-corrected chi connectivity index (χ3v) is 1.14. The van der Waals surface area contributed by atoms with Gasteiger partial charge in [-0.3, -0.25) is 0 Å². The van der Waals surface area contributed by atoms with Gasteiger partial charge in [0.1, 0.15) is 10.3 Å². The van der Waals surface area contributed by atoms with E-state index in [1.807, 2.05) is 10.3 Å². The van der Waals surface area contributed by atoms with Crippen LogP contribution in [-0.2, 0) is 11.5 Å². The molecule has 0 bridgehead atoms. The molecule has 0 aliphatic rings. The third kappa shape index (κ3) is 4.08. The highest BCUT2D eigenvalue weighted by Gasteiger charge is 1.94. The van der Waals surface area contributed by atoms with Gasteiger partial charge in [0.2, 0.25) is 0 Å². The lowest BCUT2D eigenvalue weighted by atomic mass is 11.8. The van der Waals surface area contributed by atoms with E-state index < -0.39 is 11.5 Å². The van der Waals surface area contributed by atoms with Gasteiger partial charge in [0.05, 0.1) is 0 Å². The Morgan fingerprint density at radius 1 is 1.25 bits per heavy atom. The molecule has 0 spiro atoms. The summed E-state index contributed by atoms with van der Waals surface area (Å²) in [6, 6.07) is 0. The average Bonchev–Trinajstić information content (AvgIpc) is 1.68. The van der Waals surface area contributed by atoms with Crippen LogP contribution in [0.3, 0.4) is 0 Å². The SMILES string of the molecule is [O-][S+](N=C=S)N=C=S. The molecule has 0 saturated heterocycles. The van der Waals surface area contributed by atoms with Gasteiger partial charge < -0.3 is 4.55 Å². The van der Waals surface area contributed by atoms with Gasteiger partial charge in [-0.25, -0.2) is 0 Å². The van der Waals surface area contributed by atoms with Crippen LogP contribution in [0.15, 0.2) is 8.80 Å². The molecule has 0 rings (SSSR count). The number of thiocarbonyl (C=S) groups is 2. The average molecular weight is 164 g/mol. The van der Waals surface area contributed by atoms with Crippen LogP contribution in [0.25, 0.3) is 0 Å². The summed E-state index contributed by atoms with van der Waals surface area (Å²) in [5.41, 5.74) is 0. The summed E-state index contributed by atoms with van der Waals surface area (Å²) in [6.45, 7) is 0. The summed E-state index contributed by atoms with van der Waals surface area (Å²) in [4.78, 5) is 0. The van der Waals surface area contributed by atoms with Crippen molar-refractivity contribution in [1.29, 1.82) is 0 Å². The van der Waals surface area contributed by atoms with Crippen molar-refractivity contribution in [2.75, 3.05) is 0 Å². The molecule has 0 aromatic heterocycles. The molecule has 0 amide bonds. The lowest BCUT2D eigenvalue weighted by molar-refractivity contribution is 0.599. The van der Waals surface area contributed by atoms with E-state index in [0.717, 1.165) is 0 Å². The number of hydrogen-bond acceptors (Lipinski definition) is 5. The fourth-order valence-electron chi connectivity index (χ4n) is 0.0842. The van der Waals surface area contributed by atoms with E-state index in [9.17, 15) is 4.55 Å². The van der Waals surface area contributed by atoms with Gasteiger partial charge in [-0.15, -0.1) is 0 Å². The van der Waals surface area contributed by atoms with E-state index in [2.05, 4.69) is 33.2 Å². The summed E-state index contributed by atoms with van der Waals surface area (Å²) in [5, 5.41) is 3.76. The molecular formula is C2N2OS3. The zero-order valence-corrected chi connectivity index (χ0v) is 5.98. The summed E-state index contributed by atoms with van der Waals surface area (Å²) >= 11 is 6.52. The van der Waals surface area contributed by atoms with Crippen LogP contribution in [0.2, 0.25) is 0 Å². The molecule has 0 fully saturated rings. The fraction of sp³-hybridized carbons (Fsp3) is 0. The van der Waals surface area contributed by atoms with Crippen molar-refractivity contribution in [2.45, 2.75) is 0 Å². The van der Waals surface area contributed by atoms with Gasteiger partial charge in [0, 0.05) is 8.80 Å². The predicted octanol–water partition coefficient (Wildman–Crippen LogP) is 0.771. The zero-order valence-electron chi connectivity index (χ0n) is 3.53. The van der Waals surface area contributed by atoms with Crippen LogP contribution >= 0.6 is 24.4 Å². The maximum atomic E-state index is 10.2. The minimum absolute atomic E-state index is 1.70. The maximum absolute atomic E-state index is 10.2. The molecule has 0 radical (unpaired) electrons. The van der Waals surface area contributed by atoms with E-state index in [1.165, 1.54) is 0 Å². The van der Waals surface area contributed by atoms with Crippen LogP contribution < -0.4 is 0 Å². The minimum atomic E-state index is -1.70. The molecule has 42 valence electrons. The van der Waals surface area contributed by atoms with Crippen molar-refractivity contribution in [3.8, 4) is 0 Å². The van der Waals surface area contributed by atoms with Crippen molar-refractivity contribution in [3.63, 3.8) is 0 Å². The molecule has 0 saturated carbocycles. The Morgan fingerprint density at radius 2 is 1.62 bits per heavy atom. The van der Waals surface area contributed by atoms with Crippen molar-refractivity contribution >= 4 is 46.3 Å². The molecule has 0 N–H and O–H groups in total. The highest BCUT2D eigenvalue weighted by atomic mass is 32.2.